The molecule has 2 aromatic rings. The Kier molecular flexibility index (Phi) is 4.62. The van der Waals surface area contributed by atoms with Gasteiger partial charge in [0.25, 0.3) is 0 Å². The van der Waals surface area contributed by atoms with Gasteiger partial charge in [-0.3, -0.25) is 0 Å². The number of rotatable bonds is 3. The van der Waals surface area contributed by atoms with Crippen LogP contribution in [0.2, 0.25) is 0 Å². The van der Waals surface area contributed by atoms with Gasteiger partial charge in [0, 0.05) is 30.3 Å². The second kappa shape index (κ2) is 7.17. The Hall–Kier alpha value is -2.33. The fraction of sp³-hybridized carbons (Fsp3) is 0.480. The van der Waals surface area contributed by atoms with E-state index in [1.165, 1.54) is 48.9 Å². The SMILES string of the molecule is COC1(C2CCCCC2)C=C2CCCn3c(cc4ccc(C(=O)O)cc43)C2=CC1. The third-order valence-electron chi connectivity index (χ3n) is 7.32. The van der Waals surface area contributed by atoms with E-state index >= 15 is 0 Å². The Morgan fingerprint density at radius 2 is 2.00 bits per heavy atom. The van der Waals surface area contributed by atoms with E-state index in [0.717, 1.165) is 36.7 Å². The zero-order chi connectivity index (χ0) is 20.0. The van der Waals surface area contributed by atoms with E-state index in [1.807, 2.05) is 19.2 Å². The van der Waals surface area contributed by atoms with E-state index in [0.29, 0.717) is 11.5 Å². The van der Waals surface area contributed by atoms with Crippen LogP contribution in [0.25, 0.3) is 16.5 Å². The highest BCUT2D eigenvalue weighted by Gasteiger charge is 2.40. The van der Waals surface area contributed by atoms with Crippen LogP contribution in [-0.2, 0) is 11.3 Å². The minimum absolute atomic E-state index is 0.156. The van der Waals surface area contributed by atoms with Crippen molar-refractivity contribution in [1.29, 1.82) is 0 Å². The Labute approximate surface area is 171 Å². The van der Waals surface area contributed by atoms with Crippen molar-refractivity contribution in [3.63, 3.8) is 0 Å². The number of hydrogen-bond acceptors (Lipinski definition) is 2. The molecule has 0 amide bonds. The largest absolute Gasteiger partial charge is 0.478 e. The zero-order valence-electron chi connectivity index (χ0n) is 17.1. The van der Waals surface area contributed by atoms with Gasteiger partial charge in [0.2, 0.25) is 0 Å². The summed E-state index contributed by atoms with van der Waals surface area (Å²) in [5.41, 5.74) is 5.17. The van der Waals surface area contributed by atoms with Crippen molar-refractivity contribution in [1.82, 2.24) is 4.57 Å². The summed E-state index contributed by atoms with van der Waals surface area (Å²) in [6.45, 7) is 0.917. The molecule has 1 aliphatic heterocycles. The average Bonchev–Trinajstić information content (AvgIpc) is 3.02. The van der Waals surface area contributed by atoms with Gasteiger partial charge in [-0.1, -0.05) is 31.4 Å². The minimum Gasteiger partial charge on any atom is -0.478 e. The van der Waals surface area contributed by atoms with Gasteiger partial charge in [-0.25, -0.2) is 4.79 Å². The summed E-state index contributed by atoms with van der Waals surface area (Å²) < 4.78 is 8.52. The number of nitrogens with zero attached hydrogens (tertiary/aromatic N) is 1. The minimum atomic E-state index is -0.870. The second-order valence-corrected chi connectivity index (χ2v) is 8.85. The number of carboxylic acid groups (broad SMARTS) is 1. The quantitative estimate of drug-likeness (QED) is 0.718. The van der Waals surface area contributed by atoms with Crippen LogP contribution in [-0.4, -0.2) is 28.4 Å². The molecule has 1 aromatic heterocycles. The molecule has 2 aliphatic carbocycles. The maximum atomic E-state index is 11.4. The van der Waals surface area contributed by atoms with Gasteiger partial charge in [0.15, 0.2) is 0 Å². The summed E-state index contributed by atoms with van der Waals surface area (Å²) in [5, 5.41) is 10.5. The van der Waals surface area contributed by atoms with E-state index < -0.39 is 5.97 Å². The molecule has 1 N–H and O–H groups in total. The number of aromatic carboxylic acids is 1. The topological polar surface area (TPSA) is 51.5 Å². The van der Waals surface area contributed by atoms with E-state index in [4.69, 9.17) is 4.74 Å². The fourth-order valence-electron chi connectivity index (χ4n) is 5.76. The first-order valence-electron chi connectivity index (χ1n) is 11.0. The Morgan fingerprint density at radius 3 is 2.76 bits per heavy atom. The molecule has 1 atom stereocenters. The molecule has 1 fully saturated rings. The normalized spacial score (nSPS) is 25.0. The molecule has 152 valence electrons. The van der Waals surface area contributed by atoms with Crippen molar-refractivity contribution in [2.45, 2.75) is 63.5 Å². The van der Waals surface area contributed by atoms with Gasteiger partial charge in [-0.2, -0.15) is 0 Å². The summed E-state index contributed by atoms with van der Waals surface area (Å²) in [6.07, 6.45) is 14.4. The molecule has 1 unspecified atom stereocenters. The van der Waals surface area contributed by atoms with Crippen LogP contribution in [0.4, 0.5) is 0 Å². The number of carboxylic acids is 1. The fourth-order valence-corrected chi connectivity index (χ4v) is 5.76. The molecule has 0 saturated heterocycles. The van der Waals surface area contributed by atoms with Crippen molar-refractivity contribution in [3.8, 4) is 0 Å². The molecule has 3 aliphatic rings. The number of ether oxygens (including phenoxy) is 1. The lowest BCUT2D eigenvalue weighted by Crippen LogP contribution is -2.40. The first-order valence-corrected chi connectivity index (χ1v) is 11.0. The number of aromatic nitrogens is 1. The third-order valence-corrected chi connectivity index (χ3v) is 7.32. The van der Waals surface area contributed by atoms with Gasteiger partial charge in [0.1, 0.15) is 0 Å². The van der Waals surface area contributed by atoms with Crippen LogP contribution in [0.3, 0.4) is 0 Å². The van der Waals surface area contributed by atoms with Crippen LogP contribution in [0.1, 0.15) is 67.4 Å². The molecule has 29 heavy (non-hydrogen) atoms. The number of fused-ring (bicyclic) bond motifs is 5. The van der Waals surface area contributed by atoms with Crippen molar-refractivity contribution < 1.29 is 14.6 Å². The number of allylic oxidation sites excluding steroid dienone is 2. The molecule has 5 rings (SSSR count). The smallest absolute Gasteiger partial charge is 0.335 e. The molecular formula is C25H29NO3. The number of benzene rings is 1. The lowest BCUT2D eigenvalue weighted by Gasteiger charge is -2.41. The standard InChI is InChI=1S/C25H29NO3/c1-29-25(20-7-3-2-4-8-20)12-11-21-19(16-25)6-5-13-26-22-15-18(24(27)28)10-9-17(22)14-23(21)26/h9-11,14-16,20H,2-8,12-13H2,1H3,(H,27,28). The van der Waals surface area contributed by atoms with Crippen LogP contribution in [0.5, 0.6) is 0 Å². The highest BCUT2D eigenvalue weighted by Crippen LogP contribution is 2.46. The second-order valence-electron chi connectivity index (χ2n) is 8.85. The number of carbonyl (C=O) groups is 1. The molecular weight excluding hydrogens is 362 g/mol. The number of methoxy groups -OCH3 is 1. The highest BCUT2D eigenvalue weighted by molar-refractivity contribution is 5.96. The van der Waals surface area contributed by atoms with Crippen LogP contribution in [0, 0.1) is 5.92 Å². The first-order chi connectivity index (χ1) is 14.1. The lowest BCUT2D eigenvalue weighted by molar-refractivity contribution is -0.0296. The highest BCUT2D eigenvalue weighted by atomic mass is 16.5. The van der Waals surface area contributed by atoms with Crippen LogP contribution < -0.4 is 0 Å². The van der Waals surface area contributed by atoms with E-state index in [-0.39, 0.29) is 5.60 Å². The van der Waals surface area contributed by atoms with Gasteiger partial charge in [0.05, 0.1) is 11.2 Å². The summed E-state index contributed by atoms with van der Waals surface area (Å²) in [5.74, 6) is -0.260. The van der Waals surface area contributed by atoms with Crippen molar-refractivity contribution in [2.24, 2.45) is 5.92 Å². The zero-order valence-corrected chi connectivity index (χ0v) is 17.1. The Bertz CT molecular complexity index is 1020. The van der Waals surface area contributed by atoms with E-state index in [2.05, 4.69) is 22.8 Å². The van der Waals surface area contributed by atoms with Gasteiger partial charge < -0.3 is 14.4 Å². The van der Waals surface area contributed by atoms with E-state index in [9.17, 15) is 9.90 Å². The predicted octanol–water partition coefficient (Wildman–Crippen LogP) is 5.81. The summed E-state index contributed by atoms with van der Waals surface area (Å²) in [7, 11) is 1.88. The molecule has 1 saturated carbocycles. The van der Waals surface area contributed by atoms with Gasteiger partial charge in [-0.05, 0) is 73.4 Å². The van der Waals surface area contributed by atoms with Crippen molar-refractivity contribution >= 4 is 22.4 Å². The summed E-state index contributed by atoms with van der Waals surface area (Å²) in [4.78, 5) is 11.4. The molecule has 1 aromatic carbocycles. The number of hydrogen-bond donors (Lipinski definition) is 1. The molecule has 0 bridgehead atoms. The summed E-state index contributed by atoms with van der Waals surface area (Å²) in [6, 6.07) is 7.69. The van der Waals surface area contributed by atoms with Crippen LogP contribution in [0.15, 0.2) is 42.0 Å². The van der Waals surface area contributed by atoms with E-state index in [1.54, 1.807) is 6.07 Å². The first kappa shape index (κ1) is 18.7. The maximum absolute atomic E-state index is 11.4. The molecule has 0 spiro atoms. The summed E-state index contributed by atoms with van der Waals surface area (Å²) >= 11 is 0. The van der Waals surface area contributed by atoms with Gasteiger partial charge >= 0.3 is 5.97 Å². The average molecular weight is 392 g/mol. The monoisotopic (exact) mass is 391 g/mol. The van der Waals surface area contributed by atoms with Crippen molar-refractivity contribution in [2.75, 3.05) is 7.11 Å². The molecule has 0 radical (unpaired) electrons. The molecule has 4 heteroatoms. The van der Waals surface area contributed by atoms with Gasteiger partial charge in [-0.15, -0.1) is 0 Å². The lowest BCUT2D eigenvalue weighted by atomic mass is 9.71. The molecule has 2 heterocycles. The van der Waals surface area contributed by atoms with Crippen LogP contribution >= 0.6 is 0 Å². The number of aryl methyl sites for hydroxylation is 1. The predicted molar refractivity (Wildman–Crippen MR) is 115 cm³/mol. The Balaban J connectivity index is 1.57. The Morgan fingerprint density at radius 1 is 1.17 bits per heavy atom. The maximum Gasteiger partial charge on any atom is 0.335 e. The van der Waals surface area contributed by atoms with Crippen molar-refractivity contribution in [3.05, 3.63) is 53.2 Å². The third kappa shape index (κ3) is 3.05. The molecule has 4 nitrogen and oxygen atoms in total.